The van der Waals surface area contributed by atoms with E-state index in [1.165, 1.54) is 25.9 Å². The summed E-state index contributed by atoms with van der Waals surface area (Å²) < 4.78 is 0. The van der Waals surface area contributed by atoms with Gasteiger partial charge in [0.25, 0.3) is 0 Å². The van der Waals surface area contributed by atoms with Crippen LogP contribution in [0.1, 0.15) is 36.9 Å². The zero-order valence-corrected chi connectivity index (χ0v) is 15.0. The minimum Gasteiger partial charge on any atom is -0.352 e. The van der Waals surface area contributed by atoms with Gasteiger partial charge in [-0.3, -0.25) is 14.7 Å². The molecule has 0 bridgehead atoms. The molecule has 0 aromatic carbocycles. The average molecular weight is 330 g/mol. The molecule has 0 spiro atoms. The van der Waals surface area contributed by atoms with E-state index in [1.54, 1.807) is 6.20 Å². The molecule has 1 N–H and O–H groups in total. The lowest BCUT2D eigenvalue weighted by atomic mass is 9.93. The Balaban J connectivity index is 1.49. The van der Waals surface area contributed by atoms with E-state index < -0.39 is 0 Å². The number of hydrogen-bond acceptors (Lipinski definition) is 4. The number of carbonyl (C=O) groups excluding carboxylic acids is 1. The van der Waals surface area contributed by atoms with Gasteiger partial charge in [-0.15, -0.1) is 0 Å². The van der Waals surface area contributed by atoms with E-state index in [0.29, 0.717) is 12.6 Å². The van der Waals surface area contributed by atoms with E-state index in [0.717, 1.165) is 37.2 Å². The Bertz CT molecular complexity index is 554. The maximum absolute atomic E-state index is 12.6. The maximum atomic E-state index is 12.6. The summed E-state index contributed by atoms with van der Waals surface area (Å²) in [5.74, 6) is 0.350. The molecule has 24 heavy (non-hydrogen) atoms. The van der Waals surface area contributed by atoms with Crippen LogP contribution in [0, 0.1) is 12.8 Å². The molecule has 2 aliphatic rings. The molecule has 5 heteroatoms. The summed E-state index contributed by atoms with van der Waals surface area (Å²) in [6.45, 7) is 7.02. The van der Waals surface area contributed by atoms with Gasteiger partial charge >= 0.3 is 0 Å². The molecule has 0 saturated carbocycles. The second kappa shape index (κ2) is 8.08. The Morgan fingerprint density at radius 1 is 1.29 bits per heavy atom. The molecule has 1 amide bonds. The topological polar surface area (TPSA) is 48.5 Å². The van der Waals surface area contributed by atoms with Crippen molar-refractivity contribution < 1.29 is 4.79 Å². The Morgan fingerprint density at radius 2 is 2.08 bits per heavy atom. The van der Waals surface area contributed by atoms with Crippen molar-refractivity contribution >= 4 is 5.91 Å². The Hall–Kier alpha value is -1.46. The number of nitrogens with zero attached hydrogens (tertiary/aromatic N) is 3. The number of nitrogens with one attached hydrogen (secondary N) is 1. The maximum Gasteiger partial charge on any atom is 0.224 e. The molecule has 2 fully saturated rings. The van der Waals surface area contributed by atoms with Crippen LogP contribution in [0.15, 0.2) is 18.3 Å². The van der Waals surface area contributed by atoms with Gasteiger partial charge in [-0.05, 0) is 77.0 Å². The molecule has 0 radical (unpaired) electrons. The van der Waals surface area contributed by atoms with Crippen LogP contribution in [-0.2, 0) is 11.3 Å². The third-order valence-electron chi connectivity index (χ3n) is 5.46. The fourth-order valence-electron chi connectivity index (χ4n) is 3.96. The first kappa shape index (κ1) is 17.4. The van der Waals surface area contributed by atoms with Crippen LogP contribution in [0.3, 0.4) is 0 Å². The fourth-order valence-corrected chi connectivity index (χ4v) is 3.96. The highest BCUT2D eigenvalue weighted by Gasteiger charge is 2.30. The average Bonchev–Trinajstić information content (AvgIpc) is 2.60. The van der Waals surface area contributed by atoms with Gasteiger partial charge in [0.1, 0.15) is 0 Å². The first-order chi connectivity index (χ1) is 11.6. The molecule has 0 aliphatic carbocycles. The minimum atomic E-state index is 0.140. The predicted octanol–water partition coefficient (Wildman–Crippen LogP) is 1.81. The van der Waals surface area contributed by atoms with Crippen molar-refractivity contribution in [3.63, 3.8) is 0 Å². The number of aromatic nitrogens is 1. The summed E-state index contributed by atoms with van der Waals surface area (Å²) in [6, 6.07) is 4.67. The second-order valence-corrected chi connectivity index (χ2v) is 7.39. The lowest BCUT2D eigenvalue weighted by molar-refractivity contribution is -0.127. The number of rotatable bonds is 4. The Morgan fingerprint density at radius 3 is 2.83 bits per heavy atom. The van der Waals surface area contributed by atoms with Crippen LogP contribution in [0.25, 0.3) is 0 Å². The number of likely N-dealkylation sites (tertiary alicyclic amines) is 2. The first-order valence-electron chi connectivity index (χ1n) is 9.23. The number of piperidine rings is 2. The van der Waals surface area contributed by atoms with Crippen LogP contribution in [0.2, 0.25) is 0 Å². The number of hydrogen-bond donors (Lipinski definition) is 1. The van der Waals surface area contributed by atoms with Crippen LogP contribution >= 0.6 is 0 Å². The van der Waals surface area contributed by atoms with Crippen LogP contribution in [0.4, 0.5) is 0 Å². The Labute approximate surface area is 145 Å². The molecule has 1 unspecified atom stereocenters. The standard InChI is InChI=1S/C19H30N4O/c1-15-12-16(5-8-20-15)13-21-19(24)17-4-3-9-23(14-17)18-6-10-22(2)11-7-18/h5,8,12,17-18H,3-4,6-7,9-11,13-14H2,1-2H3,(H,21,24). The SMILES string of the molecule is Cc1cc(CNC(=O)C2CCCN(C3CCN(C)CC3)C2)ccn1. The lowest BCUT2D eigenvalue weighted by Gasteiger charge is -2.41. The highest BCUT2D eigenvalue weighted by atomic mass is 16.1. The van der Waals surface area contributed by atoms with Crippen LogP contribution in [-0.4, -0.2) is 60.0 Å². The summed E-state index contributed by atoms with van der Waals surface area (Å²) in [5.41, 5.74) is 2.12. The van der Waals surface area contributed by atoms with Crippen molar-refractivity contribution in [3.8, 4) is 0 Å². The molecule has 3 rings (SSSR count). The predicted molar refractivity (Wildman–Crippen MR) is 95.6 cm³/mol. The second-order valence-electron chi connectivity index (χ2n) is 7.39. The molecular weight excluding hydrogens is 300 g/mol. The number of amides is 1. The van der Waals surface area contributed by atoms with Crippen LogP contribution in [0.5, 0.6) is 0 Å². The van der Waals surface area contributed by atoms with Gasteiger partial charge in [0.15, 0.2) is 0 Å². The minimum absolute atomic E-state index is 0.140. The zero-order valence-electron chi connectivity index (χ0n) is 15.0. The van der Waals surface area contributed by atoms with Crippen molar-refractivity contribution in [1.29, 1.82) is 0 Å². The van der Waals surface area contributed by atoms with E-state index in [9.17, 15) is 4.79 Å². The van der Waals surface area contributed by atoms with Gasteiger partial charge in [0.05, 0.1) is 5.92 Å². The largest absolute Gasteiger partial charge is 0.352 e. The summed E-state index contributed by atoms with van der Waals surface area (Å²) in [6.07, 6.45) is 6.44. The van der Waals surface area contributed by atoms with Crippen molar-refractivity contribution in [3.05, 3.63) is 29.6 Å². The molecule has 3 heterocycles. The van der Waals surface area contributed by atoms with Crippen molar-refractivity contribution in [2.45, 2.75) is 45.2 Å². The lowest BCUT2D eigenvalue weighted by Crippen LogP contribution is -2.50. The van der Waals surface area contributed by atoms with E-state index in [4.69, 9.17) is 0 Å². The first-order valence-corrected chi connectivity index (χ1v) is 9.23. The highest BCUT2D eigenvalue weighted by molar-refractivity contribution is 5.78. The van der Waals surface area contributed by atoms with Crippen molar-refractivity contribution in [2.75, 3.05) is 33.2 Å². The molecule has 1 aromatic heterocycles. The van der Waals surface area contributed by atoms with E-state index in [2.05, 4.69) is 27.1 Å². The van der Waals surface area contributed by atoms with E-state index >= 15 is 0 Å². The molecule has 2 aliphatic heterocycles. The normalized spacial score (nSPS) is 24.0. The third kappa shape index (κ3) is 4.54. The van der Waals surface area contributed by atoms with E-state index in [-0.39, 0.29) is 11.8 Å². The number of carbonyl (C=O) groups is 1. The zero-order chi connectivity index (χ0) is 16.9. The molecule has 5 nitrogen and oxygen atoms in total. The Kier molecular flexibility index (Phi) is 5.85. The molecule has 132 valence electrons. The van der Waals surface area contributed by atoms with Gasteiger partial charge in [-0.2, -0.15) is 0 Å². The van der Waals surface area contributed by atoms with Gasteiger partial charge in [-0.25, -0.2) is 0 Å². The summed E-state index contributed by atoms with van der Waals surface area (Å²) in [7, 11) is 2.20. The summed E-state index contributed by atoms with van der Waals surface area (Å²) in [5, 5.41) is 3.12. The van der Waals surface area contributed by atoms with Gasteiger partial charge < -0.3 is 10.2 Å². The highest BCUT2D eigenvalue weighted by Crippen LogP contribution is 2.23. The molecule has 1 atom stereocenters. The molecule has 2 saturated heterocycles. The third-order valence-corrected chi connectivity index (χ3v) is 5.46. The van der Waals surface area contributed by atoms with Crippen molar-refractivity contribution in [1.82, 2.24) is 20.1 Å². The number of aryl methyl sites for hydroxylation is 1. The molecule has 1 aromatic rings. The monoisotopic (exact) mass is 330 g/mol. The van der Waals surface area contributed by atoms with Crippen molar-refractivity contribution in [2.24, 2.45) is 5.92 Å². The van der Waals surface area contributed by atoms with Gasteiger partial charge in [0, 0.05) is 31.0 Å². The van der Waals surface area contributed by atoms with Gasteiger partial charge in [-0.1, -0.05) is 0 Å². The van der Waals surface area contributed by atoms with E-state index in [1.807, 2.05) is 19.1 Å². The fraction of sp³-hybridized carbons (Fsp3) is 0.684. The molecular formula is C19H30N4O. The van der Waals surface area contributed by atoms with Gasteiger partial charge in [0.2, 0.25) is 5.91 Å². The van der Waals surface area contributed by atoms with Crippen LogP contribution < -0.4 is 5.32 Å². The number of pyridine rings is 1. The quantitative estimate of drug-likeness (QED) is 0.915. The smallest absolute Gasteiger partial charge is 0.224 e. The summed E-state index contributed by atoms with van der Waals surface area (Å²) in [4.78, 5) is 21.7. The summed E-state index contributed by atoms with van der Waals surface area (Å²) >= 11 is 0.